The molecule has 3 amide bonds. The third-order valence-corrected chi connectivity index (χ3v) is 3.32. The molecule has 0 fully saturated rings. The molecule has 0 unspecified atom stereocenters. The number of primary amides is 1. The minimum Gasteiger partial charge on any atom is -0.368 e. The van der Waals surface area contributed by atoms with Crippen LogP contribution < -0.4 is 16.4 Å². The summed E-state index contributed by atoms with van der Waals surface area (Å²) in [4.78, 5) is 35.1. The predicted molar refractivity (Wildman–Crippen MR) is 83.7 cm³/mol. The molecule has 2 atom stereocenters. The topological polar surface area (TPSA) is 101 Å². The van der Waals surface area contributed by atoms with Gasteiger partial charge in [0.05, 0.1) is 0 Å². The first-order chi connectivity index (χ1) is 10.7. The Bertz CT molecular complexity index is 572. The molecule has 126 valence electrons. The number of carbonyl (C=O) groups is 3. The van der Waals surface area contributed by atoms with E-state index in [0.29, 0.717) is 5.56 Å². The summed E-state index contributed by atoms with van der Waals surface area (Å²) >= 11 is 0. The van der Waals surface area contributed by atoms with Gasteiger partial charge in [0.2, 0.25) is 17.7 Å². The maximum Gasteiger partial charge on any atom is 0.243 e. The molecule has 0 aliphatic heterocycles. The van der Waals surface area contributed by atoms with Crippen LogP contribution in [0.5, 0.6) is 0 Å². The first-order valence-corrected chi connectivity index (χ1v) is 7.32. The molecule has 1 aromatic rings. The number of rotatable bonds is 7. The van der Waals surface area contributed by atoms with Crippen LogP contribution in [-0.2, 0) is 20.8 Å². The Morgan fingerprint density at radius 1 is 1.13 bits per heavy atom. The van der Waals surface area contributed by atoms with E-state index in [4.69, 9.17) is 5.73 Å². The Labute approximate surface area is 134 Å². The van der Waals surface area contributed by atoms with Gasteiger partial charge in [-0.1, -0.05) is 26.0 Å². The van der Waals surface area contributed by atoms with Gasteiger partial charge < -0.3 is 16.4 Å². The second kappa shape index (κ2) is 8.26. The van der Waals surface area contributed by atoms with E-state index in [1.165, 1.54) is 31.2 Å². The van der Waals surface area contributed by atoms with Crippen LogP contribution in [0.4, 0.5) is 4.39 Å². The number of nitrogens with one attached hydrogen (secondary N) is 2. The maximum absolute atomic E-state index is 12.9. The summed E-state index contributed by atoms with van der Waals surface area (Å²) in [6.45, 7) is 4.80. The Hall–Kier alpha value is -2.44. The first-order valence-electron chi connectivity index (χ1n) is 7.32. The minimum absolute atomic E-state index is 0.176. The zero-order chi connectivity index (χ0) is 17.6. The Balaban J connectivity index is 2.87. The normalized spacial score (nSPS) is 13.3. The fourth-order valence-electron chi connectivity index (χ4n) is 2.13. The van der Waals surface area contributed by atoms with Crippen molar-refractivity contribution in [1.29, 1.82) is 0 Å². The van der Waals surface area contributed by atoms with E-state index in [2.05, 4.69) is 10.6 Å². The van der Waals surface area contributed by atoms with Crippen LogP contribution in [0, 0.1) is 11.7 Å². The maximum atomic E-state index is 12.9. The van der Waals surface area contributed by atoms with Gasteiger partial charge in [0, 0.05) is 13.3 Å². The van der Waals surface area contributed by atoms with E-state index in [0.717, 1.165) is 0 Å². The lowest BCUT2D eigenvalue weighted by Crippen LogP contribution is -2.55. The van der Waals surface area contributed by atoms with Gasteiger partial charge in [0.1, 0.15) is 17.9 Å². The molecule has 0 saturated heterocycles. The molecule has 0 saturated carbocycles. The number of hydrogen-bond donors (Lipinski definition) is 3. The molecule has 0 spiro atoms. The lowest BCUT2D eigenvalue weighted by molar-refractivity contribution is -0.131. The third-order valence-electron chi connectivity index (χ3n) is 3.32. The van der Waals surface area contributed by atoms with Gasteiger partial charge in [-0.3, -0.25) is 14.4 Å². The second-order valence-corrected chi connectivity index (χ2v) is 5.72. The standard InChI is InChI=1S/C16H22FN3O3/c1-9(2)14(15(18)22)20-16(23)13(19-10(3)21)8-11-4-6-12(17)7-5-11/h4-7,9,13-14H,8H2,1-3H3,(H2,18,22)(H,19,21)(H,20,23)/t13-,14+/m0/s1. The SMILES string of the molecule is CC(=O)N[C@@H](Cc1ccc(F)cc1)C(=O)N[C@@H](C(N)=O)C(C)C. The summed E-state index contributed by atoms with van der Waals surface area (Å²) in [7, 11) is 0. The highest BCUT2D eigenvalue weighted by atomic mass is 19.1. The van der Waals surface area contributed by atoms with Crippen LogP contribution in [-0.4, -0.2) is 29.8 Å². The zero-order valence-electron chi connectivity index (χ0n) is 13.4. The minimum atomic E-state index is -0.876. The van der Waals surface area contributed by atoms with Crippen LogP contribution in [0.2, 0.25) is 0 Å². The Morgan fingerprint density at radius 2 is 1.70 bits per heavy atom. The highest BCUT2D eigenvalue weighted by molar-refractivity contribution is 5.91. The summed E-state index contributed by atoms with van der Waals surface area (Å²) in [6, 6.07) is 3.92. The molecule has 1 rings (SSSR count). The second-order valence-electron chi connectivity index (χ2n) is 5.72. The van der Waals surface area contributed by atoms with E-state index in [1.54, 1.807) is 13.8 Å². The molecule has 1 aromatic carbocycles. The van der Waals surface area contributed by atoms with Crippen molar-refractivity contribution in [2.75, 3.05) is 0 Å². The van der Waals surface area contributed by atoms with E-state index in [1.807, 2.05) is 0 Å². The monoisotopic (exact) mass is 323 g/mol. The van der Waals surface area contributed by atoms with Crippen LogP contribution in [0.1, 0.15) is 26.3 Å². The molecular weight excluding hydrogens is 301 g/mol. The van der Waals surface area contributed by atoms with Gasteiger partial charge in [-0.05, 0) is 23.6 Å². The molecule has 0 aliphatic carbocycles. The lowest BCUT2D eigenvalue weighted by atomic mass is 10.0. The van der Waals surface area contributed by atoms with Crippen LogP contribution in [0.15, 0.2) is 24.3 Å². The van der Waals surface area contributed by atoms with Gasteiger partial charge in [0.15, 0.2) is 0 Å². The number of halogens is 1. The Kier molecular flexibility index (Phi) is 6.68. The third kappa shape index (κ3) is 6.06. The van der Waals surface area contributed by atoms with Crippen molar-refractivity contribution < 1.29 is 18.8 Å². The van der Waals surface area contributed by atoms with Gasteiger partial charge >= 0.3 is 0 Å². The zero-order valence-corrected chi connectivity index (χ0v) is 13.4. The van der Waals surface area contributed by atoms with Crippen molar-refractivity contribution in [3.8, 4) is 0 Å². The average molecular weight is 323 g/mol. The van der Waals surface area contributed by atoms with Crippen LogP contribution in [0.25, 0.3) is 0 Å². The summed E-state index contributed by atoms with van der Waals surface area (Å²) in [5.41, 5.74) is 5.95. The highest BCUT2D eigenvalue weighted by Crippen LogP contribution is 2.08. The summed E-state index contributed by atoms with van der Waals surface area (Å²) < 4.78 is 12.9. The number of amides is 3. The molecule has 4 N–H and O–H groups in total. The molecule has 0 bridgehead atoms. The van der Waals surface area contributed by atoms with E-state index in [9.17, 15) is 18.8 Å². The molecule has 6 nitrogen and oxygen atoms in total. The fourth-order valence-corrected chi connectivity index (χ4v) is 2.13. The van der Waals surface area contributed by atoms with E-state index < -0.39 is 23.9 Å². The summed E-state index contributed by atoms with van der Waals surface area (Å²) in [6.07, 6.45) is 0.176. The molecule has 0 radical (unpaired) electrons. The summed E-state index contributed by atoms with van der Waals surface area (Å²) in [5.74, 6) is -2.10. The largest absolute Gasteiger partial charge is 0.368 e. The van der Waals surface area contributed by atoms with Crippen LogP contribution >= 0.6 is 0 Å². The van der Waals surface area contributed by atoms with Gasteiger partial charge in [-0.15, -0.1) is 0 Å². The molecular formula is C16H22FN3O3. The summed E-state index contributed by atoms with van der Waals surface area (Å²) in [5, 5.41) is 5.08. The van der Waals surface area contributed by atoms with Crippen molar-refractivity contribution in [2.45, 2.75) is 39.3 Å². The van der Waals surface area contributed by atoms with Gasteiger partial charge in [-0.2, -0.15) is 0 Å². The van der Waals surface area contributed by atoms with Crippen molar-refractivity contribution in [3.63, 3.8) is 0 Å². The quantitative estimate of drug-likeness (QED) is 0.681. The predicted octanol–water partition coefficient (Wildman–Crippen LogP) is 0.499. The Morgan fingerprint density at radius 3 is 2.13 bits per heavy atom. The first kappa shape index (κ1) is 18.6. The van der Waals surface area contributed by atoms with E-state index >= 15 is 0 Å². The van der Waals surface area contributed by atoms with Crippen LogP contribution in [0.3, 0.4) is 0 Å². The van der Waals surface area contributed by atoms with Gasteiger partial charge in [-0.25, -0.2) is 4.39 Å². The molecule has 0 aromatic heterocycles. The van der Waals surface area contributed by atoms with Crippen molar-refractivity contribution in [3.05, 3.63) is 35.6 Å². The number of benzene rings is 1. The fraction of sp³-hybridized carbons (Fsp3) is 0.438. The molecule has 0 heterocycles. The number of hydrogen-bond acceptors (Lipinski definition) is 3. The smallest absolute Gasteiger partial charge is 0.243 e. The highest BCUT2D eigenvalue weighted by Gasteiger charge is 2.27. The van der Waals surface area contributed by atoms with Gasteiger partial charge in [0.25, 0.3) is 0 Å². The van der Waals surface area contributed by atoms with E-state index in [-0.39, 0.29) is 24.1 Å². The number of nitrogens with two attached hydrogens (primary N) is 1. The van der Waals surface area contributed by atoms with Crippen molar-refractivity contribution in [1.82, 2.24) is 10.6 Å². The lowest BCUT2D eigenvalue weighted by Gasteiger charge is -2.23. The number of carbonyl (C=O) groups excluding carboxylic acids is 3. The van der Waals surface area contributed by atoms with Crippen molar-refractivity contribution >= 4 is 17.7 Å². The molecule has 0 aliphatic rings. The average Bonchev–Trinajstić information content (AvgIpc) is 2.44. The molecule has 7 heteroatoms. The van der Waals surface area contributed by atoms with Crippen molar-refractivity contribution in [2.24, 2.45) is 11.7 Å². The molecule has 23 heavy (non-hydrogen) atoms.